The van der Waals surface area contributed by atoms with Crippen molar-refractivity contribution in [2.45, 2.75) is 24.7 Å². The number of hydrogen-bond donors (Lipinski definition) is 1. The van der Waals surface area contributed by atoms with Gasteiger partial charge in [0.25, 0.3) is 0 Å². The van der Waals surface area contributed by atoms with Crippen molar-refractivity contribution in [1.82, 2.24) is 19.0 Å². The standard InChI is InChI=1S/C19H12F3N5O3/c20-19(21,22)17(29)25-8-9-5-13(25)15-16(28)27(18(30)26(9)15)14-7-24-12(6-23)10-3-1-2-4-11(10)14/h1-4,7,9,13,28H,5,8H2. The predicted molar refractivity (Wildman–Crippen MR) is 95.9 cm³/mol. The number of carbonyl (C=O) groups is 1. The van der Waals surface area contributed by atoms with Crippen molar-refractivity contribution in [3.05, 3.63) is 52.3 Å². The Hall–Kier alpha value is -3.81. The van der Waals surface area contributed by atoms with Crippen LogP contribution in [0.1, 0.15) is 29.9 Å². The molecule has 2 aliphatic rings. The highest BCUT2D eigenvalue weighted by Gasteiger charge is 2.54. The Morgan fingerprint density at radius 1 is 1.27 bits per heavy atom. The number of hydrogen-bond acceptors (Lipinski definition) is 5. The van der Waals surface area contributed by atoms with E-state index in [9.17, 15) is 33.1 Å². The second kappa shape index (κ2) is 5.85. The highest BCUT2D eigenvalue weighted by atomic mass is 19.4. The Morgan fingerprint density at radius 2 is 1.97 bits per heavy atom. The molecule has 2 aromatic heterocycles. The van der Waals surface area contributed by atoms with Gasteiger partial charge in [-0.1, -0.05) is 24.3 Å². The van der Waals surface area contributed by atoms with Gasteiger partial charge in [-0.15, -0.1) is 0 Å². The lowest BCUT2D eigenvalue weighted by molar-refractivity contribution is -0.187. The van der Waals surface area contributed by atoms with Crippen LogP contribution < -0.4 is 5.69 Å². The SMILES string of the molecule is N#Cc1ncc(-n2c(O)c3n(c2=O)C2CC3N(C(=O)C(F)(F)F)C2)c2ccccc12. The van der Waals surface area contributed by atoms with E-state index in [4.69, 9.17) is 0 Å². The van der Waals surface area contributed by atoms with Gasteiger partial charge in [0.15, 0.2) is 0 Å². The van der Waals surface area contributed by atoms with Crippen molar-refractivity contribution in [3.8, 4) is 17.6 Å². The van der Waals surface area contributed by atoms with E-state index in [-0.39, 0.29) is 30.0 Å². The van der Waals surface area contributed by atoms with Gasteiger partial charge in [0.1, 0.15) is 17.5 Å². The third-order valence-corrected chi connectivity index (χ3v) is 5.68. The predicted octanol–water partition coefficient (Wildman–Crippen LogP) is 2.15. The van der Waals surface area contributed by atoms with E-state index in [1.54, 1.807) is 24.3 Å². The maximum absolute atomic E-state index is 13.1. The summed E-state index contributed by atoms with van der Waals surface area (Å²) in [6, 6.07) is 6.92. The summed E-state index contributed by atoms with van der Waals surface area (Å²) in [5.41, 5.74) is -0.328. The fraction of sp³-hybridized carbons (Fsp3) is 0.263. The summed E-state index contributed by atoms with van der Waals surface area (Å²) >= 11 is 0. The summed E-state index contributed by atoms with van der Waals surface area (Å²) in [4.78, 5) is 29.6. The molecule has 1 amide bonds. The molecule has 3 aromatic rings. The molecule has 5 rings (SSSR count). The van der Waals surface area contributed by atoms with Crippen LogP contribution in [0.3, 0.4) is 0 Å². The highest BCUT2D eigenvalue weighted by Crippen LogP contribution is 2.49. The van der Waals surface area contributed by atoms with Crippen LogP contribution in [0.25, 0.3) is 16.5 Å². The second-order valence-corrected chi connectivity index (χ2v) is 7.21. The summed E-state index contributed by atoms with van der Waals surface area (Å²) in [7, 11) is 0. The van der Waals surface area contributed by atoms with E-state index in [0.29, 0.717) is 15.7 Å². The average Bonchev–Trinajstić information content (AvgIpc) is 3.37. The van der Waals surface area contributed by atoms with E-state index in [2.05, 4.69) is 4.98 Å². The molecule has 2 unspecified atom stereocenters. The van der Waals surface area contributed by atoms with E-state index in [0.717, 1.165) is 4.57 Å². The first kappa shape index (κ1) is 18.2. The third-order valence-electron chi connectivity index (χ3n) is 5.68. The maximum Gasteiger partial charge on any atom is 0.471 e. The zero-order valence-electron chi connectivity index (χ0n) is 15.1. The monoisotopic (exact) mass is 415 g/mol. The number of imidazole rings is 1. The van der Waals surface area contributed by atoms with Crippen molar-refractivity contribution in [2.24, 2.45) is 0 Å². The molecule has 1 aromatic carbocycles. The molecule has 30 heavy (non-hydrogen) atoms. The summed E-state index contributed by atoms with van der Waals surface area (Å²) in [6.45, 7) is -0.258. The Kier molecular flexibility index (Phi) is 3.56. The van der Waals surface area contributed by atoms with Gasteiger partial charge in [-0.2, -0.15) is 18.4 Å². The molecule has 0 saturated carbocycles. The van der Waals surface area contributed by atoms with Crippen LogP contribution in [-0.2, 0) is 4.79 Å². The summed E-state index contributed by atoms with van der Waals surface area (Å²) in [6.07, 6.45) is -3.65. The molecular formula is C19H12F3N5O3. The minimum absolute atomic E-state index is 0.0257. The van der Waals surface area contributed by atoms with Crippen LogP contribution >= 0.6 is 0 Å². The van der Waals surface area contributed by atoms with E-state index < -0.39 is 35.7 Å². The molecule has 2 aliphatic heterocycles. The maximum atomic E-state index is 13.1. The molecular weight excluding hydrogens is 403 g/mol. The van der Waals surface area contributed by atoms with Gasteiger partial charge in [0.05, 0.1) is 24.0 Å². The number of aromatic nitrogens is 3. The molecule has 1 fully saturated rings. The van der Waals surface area contributed by atoms with Gasteiger partial charge < -0.3 is 10.0 Å². The Labute approximate surface area is 166 Å². The van der Waals surface area contributed by atoms with Gasteiger partial charge in [-0.3, -0.25) is 9.36 Å². The number of rotatable bonds is 1. The number of likely N-dealkylation sites (tertiary alicyclic amines) is 1. The first-order valence-corrected chi connectivity index (χ1v) is 8.96. The van der Waals surface area contributed by atoms with Crippen LogP contribution in [0.5, 0.6) is 5.88 Å². The van der Waals surface area contributed by atoms with Crippen LogP contribution in [-0.4, -0.2) is 42.8 Å². The average molecular weight is 415 g/mol. The van der Waals surface area contributed by atoms with Gasteiger partial charge in [0, 0.05) is 17.3 Å². The number of carbonyl (C=O) groups excluding carboxylic acids is 1. The van der Waals surface area contributed by atoms with Gasteiger partial charge in [0.2, 0.25) is 5.88 Å². The number of nitriles is 1. The van der Waals surface area contributed by atoms with Gasteiger partial charge in [-0.25, -0.2) is 14.3 Å². The molecule has 152 valence electrons. The number of fused-ring (bicyclic) bond motifs is 6. The fourth-order valence-electron chi connectivity index (χ4n) is 4.50. The number of alkyl halides is 3. The number of nitrogens with zero attached hydrogens (tertiary/aromatic N) is 5. The summed E-state index contributed by atoms with van der Waals surface area (Å²) < 4.78 is 41.0. The minimum atomic E-state index is -5.04. The molecule has 2 bridgehead atoms. The highest BCUT2D eigenvalue weighted by molar-refractivity contribution is 5.93. The van der Waals surface area contributed by atoms with Crippen LogP contribution in [0, 0.1) is 11.3 Å². The molecule has 1 N–H and O–H groups in total. The summed E-state index contributed by atoms with van der Waals surface area (Å²) in [5, 5.41) is 21.0. The van der Waals surface area contributed by atoms with Crippen LogP contribution in [0.2, 0.25) is 0 Å². The Balaban J connectivity index is 1.70. The quantitative estimate of drug-likeness (QED) is 0.656. The Bertz CT molecular complexity index is 1330. The molecule has 0 aliphatic carbocycles. The largest absolute Gasteiger partial charge is 0.493 e. The molecule has 4 heterocycles. The minimum Gasteiger partial charge on any atom is -0.493 e. The second-order valence-electron chi connectivity index (χ2n) is 7.21. The smallest absolute Gasteiger partial charge is 0.471 e. The molecule has 0 spiro atoms. The van der Waals surface area contributed by atoms with E-state index in [1.165, 1.54) is 10.8 Å². The van der Waals surface area contributed by atoms with Crippen molar-refractivity contribution < 1.29 is 23.1 Å². The lowest BCUT2D eigenvalue weighted by atomic mass is 10.1. The molecule has 1 saturated heterocycles. The first-order valence-electron chi connectivity index (χ1n) is 8.96. The number of halogens is 3. The van der Waals surface area contributed by atoms with Gasteiger partial charge >= 0.3 is 17.8 Å². The van der Waals surface area contributed by atoms with Crippen molar-refractivity contribution in [1.29, 1.82) is 5.26 Å². The van der Waals surface area contributed by atoms with Crippen LogP contribution in [0.4, 0.5) is 13.2 Å². The van der Waals surface area contributed by atoms with E-state index >= 15 is 0 Å². The first-order chi connectivity index (χ1) is 14.2. The topological polar surface area (TPSA) is 104 Å². The number of aromatic hydroxyl groups is 1. The third kappa shape index (κ3) is 2.24. The lowest BCUT2D eigenvalue weighted by Gasteiger charge is -2.28. The lowest BCUT2D eigenvalue weighted by Crippen LogP contribution is -2.44. The molecule has 0 radical (unpaired) electrons. The zero-order chi connectivity index (χ0) is 21.4. The van der Waals surface area contributed by atoms with Crippen LogP contribution in [0.15, 0.2) is 35.3 Å². The molecule has 2 atom stereocenters. The molecule has 8 nitrogen and oxygen atoms in total. The normalized spacial score (nSPS) is 19.9. The fourth-order valence-corrected chi connectivity index (χ4v) is 4.50. The van der Waals surface area contributed by atoms with Crippen molar-refractivity contribution in [3.63, 3.8) is 0 Å². The van der Waals surface area contributed by atoms with Crippen molar-refractivity contribution >= 4 is 16.7 Å². The Morgan fingerprint density at radius 3 is 2.63 bits per heavy atom. The summed E-state index contributed by atoms with van der Waals surface area (Å²) in [5.74, 6) is -2.53. The van der Waals surface area contributed by atoms with Gasteiger partial charge in [-0.05, 0) is 6.42 Å². The molecule has 11 heteroatoms. The number of amides is 1. The number of benzene rings is 1. The van der Waals surface area contributed by atoms with E-state index in [1.807, 2.05) is 6.07 Å². The number of pyridine rings is 1. The zero-order valence-corrected chi connectivity index (χ0v) is 15.1. The van der Waals surface area contributed by atoms with Crippen molar-refractivity contribution in [2.75, 3.05) is 6.54 Å².